The van der Waals surface area contributed by atoms with Crippen LogP contribution in [0.2, 0.25) is 0 Å². The Bertz CT molecular complexity index is 899. The summed E-state index contributed by atoms with van der Waals surface area (Å²) >= 11 is 5.55. The van der Waals surface area contributed by atoms with Crippen LogP contribution in [0.5, 0.6) is 17.2 Å². The summed E-state index contributed by atoms with van der Waals surface area (Å²) in [5, 5.41) is 3.85. The van der Waals surface area contributed by atoms with Crippen LogP contribution in [0.4, 0.5) is 5.69 Å². The number of carbonyl (C=O) groups is 1. The molecule has 1 N–H and O–H groups in total. The van der Waals surface area contributed by atoms with Crippen molar-refractivity contribution in [2.45, 2.75) is 6.10 Å². The maximum atomic E-state index is 12.9. The highest BCUT2D eigenvalue weighted by atomic mass is 32.1. The summed E-state index contributed by atoms with van der Waals surface area (Å²) in [4.78, 5) is 16.7. The van der Waals surface area contributed by atoms with Crippen LogP contribution in [0.15, 0.2) is 48.5 Å². The van der Waals surface area contributed by atoms with Gasteiger partial charge in [0, 0.05) is 26.2 Å². The molecule has 0 aromatic heterocycles. The molecule has 152 valence electrons. The molecule has 0 spiro atoms. The van der Waals surface area contributed by atoms with Gasteiger partial charge in [-0.1, -0.05) is 24.3 Å². The largest absolute Gasteiger partial charge is 0.495 e. The smallest absolute Gasteiger partial charge is 0.267 e. The molecule has 0 aliphatic carbocycles. The molecule has 2 heterocycles. The number of nitrogens with one attached hydrogen (secondary N) is 1. The molecule has 1 unspecified atom stereocenters. The van der Waals surface area contributed by atoms with E-state index in [1.54, 1.807) is 7.11 Å². The Morgan fingerprint density at radius 1 is 1.03 bits per heavy atom. The SMILES string of the molecule is COc1ccccc1NC(=S)N1CCN(C(=O)C2COc3ccccc3O2)CC1. The summed E-state index contributed by atoms with van der Waals surface area (Å²) in [5.41, 5.74) is 0.824. The summed E-state index contributed by atoms with van der Waals surface area (Å²) < 4.78 is 16.9. The van der Waals surface area contributed by atoms with Gasteiger partial charge in [-0.25, -0.2) is 0 Å². The van der Waals surface area contributed by atoms with Gasteiger partial charge in [-0.3, -0.25) is 4.79 Å². The first-order valence-corrected chi connectivity index (χ1v) is 9.93. The minimum absolute atomic E-state index is 0.0530. The lowest BCUT2D eigenvalue weighted by Crippen LogP contribution is -2.55. The molecule has 1 amide bonds. The van der Waals surface area contributed by atoms with Crippen molar-refractivity contribution in [2.75, 3.05) is 45.2 Å². The number of anilines is 1. The molecule has 2 aromatic rings. The molecule has 1 saturated heterocycles. The fourth-order valence-electron chi connectivity index (χ4n) is 3.42. The zero-order valence-corrected chi connectivity index (χ0v) is 17.0. The summed E-state index contributed by atoms with van der Waals surface area (Å²) in [6, 6.07) is 15.0. The summed E-state index contributed by atoms with van der Waals surface area (Å²) in [5.74, 6) is 1.97. The number of fused-ring (bicyclic) bond motifs is 1. The van der Waals surface area contributed by atoms with Gasteiger partial charge >= 0.3 is 0 Å². The number of thiocarbonyl (C=S) groups is 1. The van der Waals surface area contributed by atoms with Crippen LogP contribution in [0.1, 0.15) is 0 Å². The van der Waals surface area contributed by atoms with Gasteiger partial charge in [-0.05, 0) is 36.5 Å². The molecule has 0 saturated carbocycles. The number of benzene rings is 2. The fourth-order valence-corrected chi connectivity index (χ4v) is 3.71. The highest BCUT2D eigenvalue weighted by Crippen LogP contribution is 2.31. The number of para-hydroxylation sites is 4. The molecule has 29 heavy (non-hydrogen) atoms. The summed E-state index contributed by atoms with van der Waals surface area (Å²) in [6.07, 6.45) is -0.616. The summed E-state index contributed by atoms with van der Waals surface area (Å²) in [6.45, 7) is 2.68. The van der Waals surface area contributed by atoms with E-state index in [9.17, 15) is 4.79 Å². The highest BCUT2D eigenvalue weighted by Gasteiger charge is 2.33. The van der Waals surface area contributed by atoms with Gasteiger partial charge in [0.15, 0.2) is 16.6 Å². The first kappa shape index (κ1) is 19.3. The Labute approximate surface area is 175 Å². The predicted molar refractivity (Wildman–Crippen MR) is 114 cm³/mol. The Kier molecular flexibility index (Phi) is 5.71. The van der Waals surface area contributed by atoms with Gasteiger partial charge in [-0.15, -0.1) is 0 Å². The van der Waals surface area contributed by atoms with Crippen LogP contribution in [0.25, 0.3) is 0 Å². The van der Waals surface area contributed by atoms with E-state index in [2.05, 4.69) is 10.2 Å². The first-order valence-electron chi connectivity index (χ1n) is 9.52. The third kappa shape index (κ3) is 4.22. The van der Waals surface area contributed by atoms with Crippen LogP contribution in [-0.2, 0) is 4.79 Å². The van der Waals surface area contributed by atoms with E-state index < -0.39 is 6.10 Å². The van der Waals surface area contributed by atoms with E-state index in [0.29, 0.717) is 42.8 Å². The minimum Gasteiger partial charge on any atom is -0.495 e. The normalized spacial score (nSPS) is 18.2. The maximum absolute atomic E-state index is 12.9. The third-order valence-electron chi connectivity index (χ3n) is 5.01. The van der Waals surface area contributed by atoms with Crippen molar-refractivity contribution in [3.63, 3.8) is 0 Å². The molecule has 1 atom stereocenters. The van der Waals surface area contributed by atoms with Crippen molar-refractivity contribution in [3.8, 4) is 17.2 Å². The molecule has 4 rings (SSSR count). The molecule has 1 fully saturated rings. The number of hydrogen-bond donors (Lipinski definition) is 1. The Hall–Kier alpha value is -3.00. The highest BCUT2D eigenvalue weighted by molar-refractivity contribution is 7.80. The standard InChI is InChI=1S/C21H23N3O4S/c1-26-16-7-3-2-6-15(16)22-21(29)24-12-10-23(11-13-24)20(25)19-14-27-17-8-4-5-9-18(17)28-19/h2-9,19H,10-14H2,1H3,(H,22,29). The van der Waals surface area contributed by atoms with Gasteiger partial charge in [0.2, 0.25) is 6.10 Å². The van der Waals surface area contributed by atoms with Crippen molar-refractivity contribution in [3.05, 3.63) is 48.5 Å². The lowest BCUT2D eigenvalue weighted by atomic mass is 10.2. The third-order valence-corrected chi connectivity index (χ3v) is 5.37. The molecule has 7 nitrogen and oxygen atoms in total. The number of rotatable bonds is 3. The number of amides is 1. The number of nitrogens with zero attached hydrogens (tertiary/aromatic N) is 2. The van der Waals surface area contributed by atoms with Crippen LogP contribution >= 0.6 is 12.2 Å². The molecular weight excluding hydrogens is 390 g/mol. The number of hydrogen-bond acceptors (Lipinski definition) is 5. The van der Waals surface area contributed by atoms with Crippen LogP contribution in [-0.4, -0.2) is 66.8 Å². The second-order valence-corrected chi connectivity index (χ2v) is 7.19. The van der Waals surface area contributed by atoms with Gasteiger partial charge in [0.05, 0.1) is 12.8 Å². The Morgan fingerprint density at radius 2 is 1.69 bits per heavy atom. The topological polar surface area (TPSA) is 63.3 Å². The first-order chi connectivity index (χ1) is 14.2. The predicted octanol–water partition coefficient (Wildman–Crippen LogP) is 2.38. The second kappa shape index (κ2) is 8.57. The van der Waals surface area contributed by atoms with E-state index in [-0.39, 0.29) is 12.5 Å². The lowest BCUT2D eigenvalue weighted by Gasteiger charge is -2.38. The number of methoxy groups -OCH3 is 1. The minimum atomic E-state index is -0.616. The van der Waals surface area contributed by atoms with Crippen molar-refractivity contribution >= 4 is 28.9 Å². The van der Waals surface area contributed by atoms with Crippen LogP contribution in [0, 0.1) is 0 Å². The lowest BCUT2D eigenvalue weighted by molar-refractivity contribution is -0.142. The summed E-state index contributed by atoms with van der Waals surface area (Å²) in [7, 11) is 1.63. The van der Waals surface area contributed by atoms with Crippen LogP contribution in [0.3, 0.4) is 0 Å². The Balaban J connectivity index is 1.31. The van der Waals surface area contributed by atoms with E-state index in [4.69, 9.17) is 26.4 Å². The van der Waals surface area contributed by atoms with Gasteiger partial charge in [0.1, 0.15) is 12.4 Å². The zero-order chi connectivity index (χ0) is 20.2. The van der Waals surface area contributed by atoms with E-state index in [0.717, 1.165) is 11.4 Å². The second-order valence-electron chi connectivity index (χ2n) is 6.81. The van der Waals surface area contributed by atoms with Crippen molar-refractivity contribution < 1.29 is 19.0 Å². The van der Waals surface area contributed by atoms with Crippen LogP contribution < -0.4 is 19.5 Å². The quantitative estimate of drug-likeness (QED) is 0.775. The number of carbonyl (C=O) groups excluding carboxylic acids is 1. The molecule has 0 bridgehead atoms. The van der Waals surface area contributed by atoms with E-state index >= 15 is 0 Å². The number of ether oxygens (including phenoxy) is 3. The van der Waals surface area contributed by atoms with Crippen molar-refractivity contribution in [1.82, 2.24) is 9.80 Å². The molecule has 2 aliphatic rings. The maximum Gasteiger partial charge on any atom is 0.267 e. The monoisotopic (exact) mass is 413 g/mol. The molecular formula is C21H23N3O4S. The number of piperazine rings is 1. The molecule has 2 aromatic carbocycles. The average Bonchev–Trinajstić information content (AvgIpc) is 2.78. The van der Waals surface area contributed by atoms with Gasteiger partial charge in [-0.2, -0.15) is 0 Å². The van der Waals surface area contributed by atoms with E-state index in [1.165, 1.54) is 0 Å². The molecule has 2 aliphatic heterocycles. The fraction of sp³-hybridized carbons (Fsp3) is 0.333. The Morgan fingerprint density at radius 3 is 2.45 bits per heavy atom. The molecule has 8 heteroatoms. The van der Waals surface area contributed by atoms with Gasteiger partial charge < -0.3 is 29.3 Å². The van der Waals surface area contributed by atoms with Crippen molar-refractivity contribution in [2.24, 2.45) is 0 Å². The van der Waals surface area contributed by atoms with E-state index in [1.807, 2.05) is 53.4 Å². The van der Waals surface area contributed by atoms with Gasteiger partial charge in [0.25, 0.3) is 5.91 Å². The zero-order valence-electron chi connectivity index (χ0n) is 16.2. The van der Waals surface area contributed by atoms with Crippen molar-refractivity contribution in [1.29, 1.82) is 0 Å². The average molecular weight is 413 g/mol. The molecule has 0 radical (unpaired) electrons.